The van der Waals surface area contributed by atoms with Crippen LogP contribution in [0.4, 0.5) is 8.78 Å². The molecule has 3 aromatic rings. The highest BCUT2D eigenvalue weighted by Crippen LogP contribution is 2.31. The molecule has 1 aromatic heterocycles. The predicted octanol–water partition coefficient (Wildman–Crippen LogP) is 4.46. The fourth-order valence-electron chi connectivity index (χ4n) is 2.24. The number of hydrogen-bond donors (Lipinski definition) is 0. The Morgan fingerprint density at radius 2 is 1.75 bits per heavy atom. The number of esters is 1. The standard InChI is InChI=1S/C18H13F2NO3/c1-2-23-18(22)15-16(11-6-4-3-5-7-11)24-17(21-15)12-8-13(19)10-14(20)9-12/h3-10H,2H2,1H3. The molecule has 0 aliphatic rings. The first-order valence-electron chi connectivity index (χ1n) is 7.28. The van der Waals surface area contributed by atoms with E-state index in [0.29, 0.717) is 5.56 Å². The number of rotatable bonds is 4. The lowest BCUT2D eigenvalue weighted by Crippen LogP contribution is -2.06. The summed E-state index contributed by atoms with van der Waals surface area (Å²) in [7, 11) is 0. The molecule has 24 heavy (non-hydrogen) atoms. The highest BCUT2D eigenvalue weighted by Gasteiger charge is 2.23. The van der Waals surface area contributed by atoms with E-state index in [-0.39, 0.29) is 29.5 Å². The molecule has 2 aromatic carbocycles. The number of nitrogens with zero attached hydrogens (tertiary/aromatic N) is 1. The maximum atomic E-state index is 13.4. The van der Waals surface area contributed by atoms with Crippen LogP contribution >= 0.6 is 0 Å². The van der Waals surface area contributed by atoms with E-state index in [1.165, 1.54) is 0 Å². The van der Waals surface area contributed by atoms with E-state index in [2.05, 4.69) is 4.98 Å². The number of halogens is 2. The molecule has 0 bridgehead atoms. The van der Waals surface area contributed by atoms with Crippen LogP contribution in [0.15, 0.2) is 52.9 Å². The lowest BCUT2D eigenvalue weighted by Gasteiger charge is -2.00. The Morgan fingerprint density at radius 3 is 2.38 bits per heavy atom. The van der Waals surface area contributed by atoms with E-state index in [9.17, 15) is 13.6 Å². The summed E-state index contributed by atoms with van der Waals surface area (Å²) in [6, 6.07) is 11.7. The van der Waals surface area contributed by atoms with Gasteiger partial charge in [0.2, 0.25) is 5.89 Å². The lowest BCUT2D eigenvalue weighted by molar-refractivity contribution is 0.0520. The molecular weight excluding hydrogens is 316 g/mol. The highest BCUT2D eigenvalue weighted by atomic mass is 19.1. The normalized spacial score (nSPS) is 10.6. The molecule has 122 valence electrons. The van der Waals surface area contributed by atoms with Crippen molar-refractivity contribution in [3.63, 3.8) is 0 Å². The monoisotopic (exact) mass is 329 g/mol. The van der Waals surface area contributed by atoms with Crippen molar-refractivity contribution in [1.29, 1.82) is 0 Å². The SMILES string of the molecule is CCOC(=O)c1nc(-c2cc(F)cc(F)c2)oc1-c1ccccc1. The van der Waals surface area contributed by atoms with Crippen LogP contribution in [0.5, 0.6) is 0 Å². The number of ether oxygens (including phenoxy) is 1. The largest absolute Gasteiger partial charge is 0.461 e. The zero-order valence-corrected chi connectivity index (χ0v) is 12.8. The molecule has 1 heterocycles. The molecule has 0 aliphatic heterocycles. The van der Waals surface area contributed by atoms with E-state index in [0.717, 1.165) is 18.2 Å². The van der Waals surface area contributed by atoms with Gasteiger partial charge in [0.15, 0.2) is 11.5 Å². The van der Waals surface area contributed by atoms with Crippen molar-refractivity contribution in [2.24, 2.45) is 0 Å². The van der Waals surface area contributed by atoms with Crippen molar-refractivity contribution in [3.8, 4) is 22.8 Å². The van der Waals surface area contributed by atoms with Gasteiger partial charge in [0.25, 0.3) is 0 Å². The predicted molar refractivity (Wildman–Crippen MR) is 83.2 cm³/mol. The molecule has 0 aliphatic carbocycles. The van der Waals surface area contributed by atoms with Crippen LogP contribution < -0.4 is 0 Å². The first-order valence-corrected chi connectivity index (χ1v) is 7.28. The minimum Gasteiger partial charge on any atom is -0.461 e. The second-order valence-corrected chi connectivity index (χ2v) is 4.94. The van der Waals surface area contributed by atoms with E-state index in [4.69, 9.17) is 9.15 Å². The van der Waals surface area contributed by atoms with Gasteiger partial charge in [-0.15, -0.1) is 0 Å². The molecule has 0 N–H and O–H groups in total. The quantitative estimate of drug-likeness (QED) is 0.663. The Bertz CT molecular complexity index is 855. The van der Waals surface area contributed by atoms with Crippen molar-refractivity contribution in [2.45, 2.75) is 6.92 Å². The molecule has 0 unspecified atom stereocenters. The second kappa shape index (κ2) is 6.62. The number of hydrogen-bond acceptors (Lipinski definition) is 4. The van der Waals surface area contributed by atoms with E-state index in [1.54, 1.807) is 31.2 Å². The van der Waals surface area contributed by atoms with Crippen LogP contribution in [-0.2, 0) is 4.74 Å². The zero-order valence-electron chi connectivity index (χ0n) is 12.8. The van der Waals surface area contributed by atoms with Crippen LogP contribution in [0, 0.1) is 11.6 Å². The smallest absolute Gasteiger partial charge is 0.361 e. The van der Waals surface area contributed by atoms with Gasteiger partial charge < -0.3 is 9.15 Å². The molecule has 0 saturated carbocycles. The Kier molecular flexibility index (Phi) is 4.37. The minimum absolute atomic E-state index is 0.0391. The highest BCUT2D eigenvalue weighted by molar-refractivity contribution is 5.94. The van der Waals surface area contributed by atoms with Crippen LogP contribution in [-0.4, -0.2) is 17.6 Å². The van der Waals surface area contributed by atoms with Gasteiger partial charge >= 0.3 is 5.97 Å². The van der Waals surface area contributed by atoms with Gasteiger partial charge in [-0.2, -0.15) is 0 Å². The van der Waals surface area contributed by atoms with Crippen LogP contribution in [0.2, 0.25) is 0 Å². The lowest BCUT2D eigenvalue weighted by atomic mass is 10.1. The second-order valence-electron chi connectivity index (χ2n) is 4.94. The van der Waals surface area contributed by atoms with Gasteiger partial charge in [0.1, 0.15) is 11.6 Å². The number of benzene rings is 2. The molecular formula is C18H13F2NO3. The molecule has 0 spiro atoms. The van der Waals surface area contributed by atoms with E-state index < -0.39 is 17.6 Å². The summed E-state index contributed by atoms with van der Waals surface area (Å²) in [5, 5.41) is 0. The fourth-order valence-corrected chi connectivity index (χ4v) is 2.24. The Morgan fingerprint density at radius 1 is 1.08 bits per heavy atom. The molecule has 0 atom stereocenters. The molecule has 6 heteroatoms. The zero-order chi connectivity index (χ0) is 17.1. The first-order chi connectivity index (χ1) is 11.6. The molecule has 4 nitrogen and oxygen atoms in total. The van der Waals surface area contributed by atoms with Gasteiger partial charge in [0, 0.05) is 17.2 Å². The maximum Gasteiger partial charge on any atom is 0.361 e. The molecule has 0 fully saturated rings. The maximum absolute atomic E-state index is 13.4. The molecule has 0 amide bonds. The number of carbonyl (C=O) groups excluding carboxylic acids is 1. The van der Waals surface area contributed by atoms with Gasteiger partial charge in [-0.3, -0.25) is 0 Å². The summed E-state index contributed by atoms with van der Waals surface area (Å²) >= 11 is 0. The minimum atomic E-state index is -0.762. The van der Waals surface area contributed by atoms with Crippen LogP contribution in [0.25, 0.3) is 22.8 Å². The Balaban J connectivity index is 2.14. The van der Waals surface area contributed by atoms with E-state index >= 15 is 0 Å². The van der Waals surface area contributed by atoms with E-state index in [1.807, 2.05) is 6.07 Å². The van der Waals surface area contributed by atoms with Crippen molar-refractivity contribution >= 4 is 5.97 Å². The topological polar surface area (TPSA) is 52.3 Å². The molecule has 3 rings (SSSR count). The van der Waals surface area contributed by atoms with Gasteiger partial charge in [-0.25, -0.2) is 18.6 Å². The van der Waals surface area contributed by atoms with Crippen molar-refractivity contribution in [2.75, 3.05) is 6.61 Å². The summed E-state index contributed by atoms with van der Waals surface area (Å²) < 4.78 is 37.4. The number of aromatic nitrogens is 1. The fraction of sp³-hybridized carbons (Fsp3) is 0.111. The number of oxazole rings is 1. The third-order valence-corrected chi connectivity index (χ3v) is 3.24. The van der Waals surface area contributed by atoms with Gasteiger partial charge in [-0.05, 0) is 19.1 Å². The summed E-state index contributed by atoms with van der Waals surface area (Å²) in [5.74, 6) is -2.06. The summed E-state index contributed by atoms with van der Waals surface area (Å²) in [4.78, 5) is 16.2. The van der Waals surface area contributed by atoms with Gasteiger partial charge in [-0.1, -0.05) is 30.3 Å². The molecule has 0 radical (unpaired) electrons. The first kappa shape index (κ1) is 15.9. The summed E-state index contributed by atoms with van der Waals surface area (Å²) in [6.45, 7) is 1.84. The van der Waals surface area contributed by atoms with Gasteiger partial charge in [0.05, 0.1) is 6.61 Å². The van der Waals surface area contributed by atoms with Crippen molar-refractivity contribution in [1.82, 2.24) is 4.98 Å². The Labute approximate surface area is 136 Å². The Hall–Kier alpha value is -3.02. The third-order valence-electron chi connectivity index (χ3n) is 3.24. The average Bonchev–Trinajstić information content (AvgIpc) is 3.00. The van der Waals surface area contributed by atoms with Crippen molar-refractivity contribution in [3.05, 3.63) is 65.9 Å². The summed E-state index contributed by atoms with van der Waals surface area (Å²) in [6.07, 6.45) is 0. The third kappa shape index (κ3) is 3.17. The van der Waals surface area contributed by atoms with Crippen molar-refractivity contribution < 1.29 is 22.7 Å². The number of carbonyl (C=O) groups is 1. The van der Waals surface area contributed by atoms with Crippen LogP contribution in [0.3, 0.4) is 0 Å². The molecule has 0 saturated heterocycles. The van der Waals surface area contributed by atoms with Crippen LogP contribution in [0.1, 0.15) is 17.4 Å². The summed E-state index contributed by atoms with van der Waals surface area (Å²) in [5.41, 5.74) is 0.666. The average molecular weight is 329 g/mol.